The highest BCUT2D eigenvalue weighted by molar-refractivity contribution is 5.78. The lowest BCUT2D eigenvalue weighted by atomic mass is 9.68. The number of carboxylic acids is 1. The van der Waals surface area contributed by atoms with Crippen LogP contribution in [0, 0.1) is 16.7 Å². The maximum atomic E-state index is 14.1. The largest absolute Gasteiger partial charge is 0.480 e. The molecule has 0 radical (unpaired) electrons. The molecular formula is C27H43F3O5. The van der Waals surface area contributed by atoms with E-state index in [-0.39, 0.29) is 37.5 Å². The summed E-state index contributed by atoms with van der Waals surface area (Å²) in [6.45, 7) is 3.41. The van der Waals surface area contributed by atoms with E-state index in [1.165, 1.54) is 13.0 Å². The maximum absolute atomic E-state index is 14.1. The number of aliphatic hydroxyl groups is 1. The molecule has 0 bridgehead atoms. The molecule has 0 amide bonds. The predicted molar refractivity (Wildman–Crippen MR) is 129 cm³/mol. The standard InChI is InChI=1S/C27H43F3O5/c1-3-4-16-25(2,27(28,29)30)18-15-22(35-23-14-8-11-20-34-23)26(24(32)33,17-9-5-10-19-31)21-12-6-7-13-21/h5,10,15,21,23,31H,3-4,6-9,11-14,16-20H2,1-2H3,(H,32,33)/t23?,25?,26-/m1/s1. The van der Waals surface area contributed by atoms with Crippen LogP contribution in [0.1, 0.15) is 97.3 Å². The second-order valence-corrected chi connectivity index (χ2v) is 10.3. The Balaban J connectivity index is 2.53. The second-order valence-electron chi connectivity index (χ2n) is 10.3. The van der Waals surface area contributed by atoms with E-state index in [1.807, 2.05) is 6.92 Å². The molecule has 3 atom stereocenters. The third kappa shape index (κ3) is 7.72. The van der Waals surface area contributed by atoms with Gasteiger partial charge in [0.25, 0.3) is 0 Å². The molecule has 0 aromatic carbocycles. The number of halogens is 3. The summed E-state index contributed by atoms with van der Waals surface area (Å²) in [5.41, 5.74) is -3.41. The number of ether oxygens (including phenoxy) is 2. The van der Waals surface area contributed by atoms with Crippen LogP contribution in [0.25, 0.3) is 0 Å². The van der Waals surface area contributed by atoms with Crippen LogP contribution in [-0.4, -0.2) is 41.9 Å². The minimum atomic E-state index is -4.42. The van der Waals surface area contributed by atoms with E-state index >= 15 is 0 Å². The van der Waals surface area contributed by atoms with E-state index in [0.29, 0.717) is 45.1 Å². The van der Waals surface area contributed by atoms with Crippen LogP contribution in [0.5, 0.6) is 0 Å². The van der Waals surface area contributed by atoms with Crippen molar-refractivity contribution in [3.05, 3.63) is 24.0 Å². The molecule has 0 spiro atoms. The van der Waals surface area contributed by atoms with Gasteiger partial charge in [-0.1, -0.05) is 51.7 Å². The first-order valence-electron chi connectivity index (χ1n) is 13.2. The van der Waals surface area contributed by atoms with Gasteiger partial charge in [0.2, 0.25) is 0 Å². The highest BCUT2D eigenvalue weighted by atomic mass is 19.4. The summed E-state index contributed by atoms with van der Waals surface area (Å²) in [5, 5.41) is 19.7. The van der Waals surface area contributed by atoms with E-state index in [0.717, 1.165) is 25.7 Å². The number of unbranched alkanes of at least 4 members (excludes halogenated alkanes) is 1. The van der Waals surface area contributed by atoms with Gasteiger partial charge in [-0.25, -0.2) is 0 Å². The fourth-order valence-corrected chi connectivity index (χ4v) is 5.36. The molecule has 2 unspecified atom stereocenters. The average molecular weight is 505 g/mol. The fourth-order valence-electron chi connectivity index (χ4n) is 5.36. The number of rotatable bonds is 14. The quantitative estimate of drug-likeness (QED) is 0.194. The van der Waals surface area contributed by atoms with Gasteiger partial charge in [0.1, 0.15) is 11.2 Å². The van der Waals surface area contributed by atoms with Crippen LogP contribution in [0.4, 0.5) is 13.2 Å². The van der Waals surface area contributed by atoms with E-state index in [2.05, 4.69) is 0 Å². The Hall–Kier alpha value is -1.54. The monoisotopic (exact) mass is 504 g/mol. The third-order valence-electron chi connectivity index (χ3n) is 7.75. The van der Waals surface area contributed by atoms with E-state index < -0.39 is 29.3 Å². The average Bonchev–Trinajstić information content (AvgIpc) is 3.36. The van der Waals surface area contributed by atoms with Gasteiger partial charge in [-0.15, -0.1) is 0 Å². The van der Waals surface area contributed by atoms with Crippen molar-refractivity contribution < 1.29 is 37.7 Å². The minimum absolute atomic E-state index is 0.0283. The lowest BCUT2D eigenvalue weighted by Crippen LogP contribution is -2.42. The van der Waals surface area contributed by atoms with Crippen LogP contribution in [0.2, 0.25) is 0 Å². The zero-order valence-electron chi connectivity index (χ0n) is 21.2. The van der Waals surface area contributed by atoms with Gasteiger partial charge in [0, 0.05) is 6.42 Å². The number of carboxylic acid groups (broad SMARTS) is 1. The number of aliphatic hydroxyl groups excluding tert-OH is 1. The molecule has 2 fully saturated rings. The summed E-state index contributed by atoms with van der Waals surface area (Å²) < 4.78 is 54.4. The molecule has 1 saturated carbocycles. The van der Waals surface area contributed by atoms with E-state index in [9.17, 15) is 23.1 Å². The van der Waals surface area contributed by atoms with Gasteiger partial charge in [-0.3, -0.25) is 4.79 Å². The van der Waals surface area contributed by atoms with Gasteiger partial charge in [-0.05, 0) is 63.4 Å². The fraction of sp³-hybridized carbons (Fsp3) is 0.815. The summed E-state index contributed by atoms with van der Waals surface area (Å²) in [5.74, 6) is -1.18. The first kappa shape index (κ1) is 29.7. The van der Waals surface area contributed by atoms with Crippen molar-refractivity contribution in [2.24, 2.45) is 16.7 Å². The SMILES string of the molecule is CCCCC(C)(CC=C(OC1CCCCO1)[C@](CCC=CCO)(C(=O)O)C1CCCC1)C(F)(F)F. The zero-order chi connectivity index (χ0) is 26.0. The molecule has 1 aliphatic carbocycles. The molecule has 202 valence electrons. The van der Waals surface area contributed by atoms with Gasteiger partial charge >= 0.3 is 12.1 Å². The Morgan fingerprint density at radius 1 is 1.09 bits per heavy atom. The Bertz CT molecular complexity index is 708. The third-order valence-corrected chi connectivity index (χ3v) is 7.75. The van der Waals surface area contributed by atoms with Crippen molar-refractivity contribution in [3.8, 4) is 0 Å². The Labute approximate surface area is 207 Å². The molecule has 1 saturated heterocycles. The Morgan fingerprint density at radius 2 is 1.77 bits per heavy atom. The topological polar surface area (TPSA) is 76.0 Å². The van der Waals surface area contributed by atoms with Gasteiger partial charge in [0.15, 0.2) is 6.29 Å². The van der Waals surface area contributed by atoms with Crippen LogP contribution in [0.15, 0.2) is 24.0 Å². The van der Waals surface area contributed by atoms with Gasteiger partial charge in [-0.2, -0.15) is 13.2 Å². The van der Waals surface area contributed by atoms with Crippen molar-refractivity contribution >= 4 is 5.97 Å². The highest BCUT2D eigenvalue weighted by Crippen LogP contribution is 2.51. The molecule has 8 heteroatoms. The minimum Gasteiger partial charge on any atom is -0.480 e. The molecule has 2 N–H and O–H groups in total. The Kier molecular flexibility index (Phi) is 11.6. The molecule has 2 rings (SSSR count). The van der Waals surface area contributed by atoms with Crippen molar-refractivity contribution in [3.63, 3.8) is 0 Å². The molecular weight excluding hydrogens is 461 g/mol. The van der Waals surface area contributed by atoms with Crippen molar-refractivity contribution in [1.29, 1.82) is 0 Å². The molecule has 0 aromatic rings. The zero-order valence-corrected chi connectivity index (χ0v) is 21.2. The molecule has 1 heterocycles. The number of alkyl halides is 3. The number of hydrogen-bond acceptors (Lipinski definition) is 4. The molecule has 1 aliphatic heterocycles. The van der Waals surface area contributed by atoms with Gasteiger partial charge in [0.05, 0.1) is 18.6 Å². The normalized spacial score (nSPS) is 23.8. The first-order valence-corrected chi connectivity index (χ1v) is 13.2. The van der Waals surface area contributed by atoms with Crippen LogP contribution < -0.4 is 0 Å². The summed E-state index contributed by atoms with van der Waals surface area (Å²) >= 11 is 0. The van der Waals surface area contributed by atoms with Crippen molar-refractivity contribution in [1.82, 2.24) is 0 Å². The second kappa shape index (κ2) is 13.7. The number of aliphatic carboxylic acids is 1. The summed E-state index contributed by atoms with van der Waals surface area (Å²) in [4.78, 5) is 13.0. The molecule has 5 nitrogen and oxygen atoms in total. The van der Waals surface area contributed by atoms with E-state index in [4.69, 9.17) is 14.6 Å². The summed E-state index contributed by atoms with van der Waals surface area (Å²) in [7, 11) is 0. The summed E-state index contributed by atoms with van der Waals surface area (Å²) in [6, 6.07) is 0. The molecule has 0 aromatic heterocycles. The van der Waals surface area contributed by atoms with Gasteiger partial charge < -0.3 is 19.7 Å². The van der Waals surface area contributed by atoms with E-state index in [1.54, 1.807) is 12.2 Å². The lowest BCUT2D eigenvalue weighted by molar-refractivity contribution is -0.220. The number of allylic oxidation sites excluding steroid dienone is 2. The predicted octanol–water partition coefficient (Wildman–Crippen LogP) is 7.15. The van der Waals surface area contributed by atoms with Crippen molar-refractivity contribution in [2.75, 3.05) is 13.2 Å². The smallest absolute Gasteiger partial charge is 0.394 e. The number of hydrogen-bond donors (Lipinski definition) is 2. The lowest BCUT2D eigenvalue weighted by Gasteiger charge is -2.40. The maximum Gasteiger partial charge on any atom is 0.394 e. The molecule has 35 heavy (non-hydrogen) atoms. The highest BCUT2D eigenvalue weighted by Gasteiger charge is 2.53. The van der Waals surface area contributed by atoms with Crippen LogP contribution in [0.3, 0.4) is 0 Å². The van der Waals surface area contributed by atoms with Crippen molar-refractivity contribution in [2.45, 2.75) is 110 Å². The van der Waals surface area contributed by atoms with Crippen LogP contribution in [-0.2, 0) is 14.3 Å². The first-order chi connectivity index (χ1) is 16.6. The number of carbonyl (C=O) groups is 1. The summed E-state index contributed by atoms with van der Waals surface area (Å²) in [6.07, 6.45) is 6.37. The Morgan fingerprint density at radius 3 is 2.31 bits per heavy atom. The molecule has 2 aliphatic rings. The van der Waals surface area contributed by atoms with Crippen LogP contribution >= 0.6 is 0 Å².